The van der Waals surface area contributed by atoms with Crippen molar-refractivity contribution in [2.24, 2.45) is 5.92 Å². The molecule has 2 saturated heterocycles. The highest BCUT2D eigenvalue weighted by Gasteiger charge is 2.31. The predicted octanol–water partition coefficient (Wildman–Crippen LogP) is 2.11. The average Bonchev–Trinajstić information content (AvgIpc) is 3.25. The van der Waals surface area contributed by atoms with Crippen molar-refractivity contribution in [1.29, 1.82) is 0 Å². The number of halogens is 1. The molecule has 0 radical (unpaired) electrons. The van der Waals surface area contributed by atoms with Gasteiger partial charge in [-0.15, -0.1) is 0 Å². The maximum atomic E-state index is 12.5. The van der Waals surface area contributed by atoms with E-state index in [1.165, 1.54) is 0 Å². The number of carbonyl (C=O) groups is 3. The van der Waals surface area contributed by atoms with Crippen LogP contribution < -0.4 is 10.6 Å². The summed E-state index contributed by atoms with van der Waals surface area (Å²) < 4.78 is 0. The third-order valence-corrected chi connectivity index (χ3v) is 5.60. The number of nitrogens with zero attached hydrogens (tertiary/aromatic N) is 2. The summed E-state index contributed by atoms with van der Waals surface area (Å²) in [5.41, 5.74) is 0.416. The van der Waals surface area contributed by atoms with E-state index in [2.05, 4.69) is 10.6 Å². The number of piperidine rings is 1. The van der Waals surface area contributed by atoms with Gasteiger partial charge in [0.05, 0.1) is 16.5 Å². The summed E-state index contributed by atoms with van der Waals surface area (Å²) in [5.74, 6) is -0.523. The summed E-state index contributed by atoms with van der Waals surface area (Å²) in [6.07, 6.45) is 3.73. The number of amides is 4. The normalized spacial score (nSPS) is 19.4. The van der Waals surface area contributed by atoms with Gasteiger partial charge in [0.15, 0.2) is 0 Å². The van der Waals surface area contributed by atoms with Gasteiger partial charge in [-0.1, -0.05) is 23.7 Å². The summed E-state index contributed by atoms with van der Waals surface area (Å²) in [5, 5.41) is 6.01. The monoisotopic (exact) mass is 406 g/mol. The highest BCUT2D eigenvalue weighted by molar-refractivity contribution is 6.33. The number of hydrogen-bond donors (Lipinski definition) is 2. The average molecular weight is 407 g/mol. The van der Waals surface area contributed by atoms with Crippen LogP contribution in [0.3, 0.4) is 0 Å². The maximum Gasteiger partial charge on any atom is 0.320 e. The lowest BCUT2D eigenvalue weighted by Crippen LogP contribution is -2.50. The highest BCUT2D eigenvalue weighted by atomic mass is 35.5. The van der Waals surface area contributed by atoms with Crippen molar-refractivity contribution in [1.82, 2.24) is 20.4 Å². The van der Waals surface area contributed by atoms with E-state index in [0.717, 1.165) is 38.8 Å². The van der Waals surface area contributed by atoms with Crippen LogP contribution in [0.5, 0.6) is 0 Å². The van der Waals surface area contributed by atoms with Gasteiger partial charge in [0.2, 0.25) is 5.91 Å². The second kappa shape index (κ2) is 9.78. The van der Waals surface area contributed by atoms with Crippen LogP contribution in [0.25, 0.3) is 0 Å². The molecule has 2 aliphatic rings. The van der Waals surface area contributed by atoms with E-state index in [9.17, 15) is 14.4 Å². The van der Waals surface area contributed by atoms with Gasteiger partial charge in [-0.2, -0.15) is 0 Å². The maximum absolute atomic E-state index is 12.5. The lowest BCUT2D eigenvalue weighted by Gasteiger charge is -2.34. The zero-order chi connectivity index (χ0) is 19.9. The molecule has 1 atom stereocenters. The van der Waals surface area contributed by atoms with Gasteiger partial charge in [-0.3, -0.25) is 9.59 Å². The highest BCUT2D eigenvalue weighted by Crippen LogP contribution is 2.20. The number of carbonyl (C=O) groups excluding carboxylic acids is 3. The first-order chi connectivity index (χ1) is 13.6. The molecule has 3 rings (SSSR count). The molecule has 1 unspecified atom stereocenters. The molecule has 0 aromatic heterocycles. The van der Waals surface area contributed by atoms with E-state index < -0.39 is 0 Å². The Morgan fingerprint density at radius 1 is 0.964 bits per heavy atom. The second-order valence-corrected chi connectivity index (χ2v) is 7.70. The van der Waals surface area contributed by atoms with Gasteiger partial charge in [0.25, 0.3) is 5.91 Å². The Labute approximate surface area is 170 Å². The molecule has 7 nitrogen and oxygen atoms in total. The summed E-state index contributed by atoms with van der Waals surface area (Å²) in [6.45, 7) is 3.47. The molecule has 2 fully saturated rings. The summed E-state index contributed by atoms with van der Waals surface area (Å²) in [7, 11) is 0. The standard InChI is InChI=1S/C20H27ClN4O3/c21-17-8-2-1-7-16(17)19(27)23-10-9-22-18(26)15-6-5-13-25(14-15)20(28)24-11-3-4-12-24/h1-2,7-8,15H,3-6,9-14H2,(H,22,26)(H,23,27). The lowest BCUT2D eigenvalue weighted by molar-refractivity contribution is -0.126. The lowest BCUT2D eigenvalue weighted by atomic mass is 9.97. The van der Waals surface area contributed by atoms with Crippen molar-refractivity contribution in [2.45, 2.75) is 25.7 Å². The van der Waals surface area contributed by atoms with E-state index >= 15 is 0 Å². The van der Waals surface area contributed by atoms with Crippen LogP contribution in [0, 0.1) is 5.92 Å². The minimum absolute atomic E-state index is 0.0574. The topological polar surface area (TPSA) is 81.8 Å². The number of hydrogen-bond acceptors (Lipinski definition) is 3. The molecule has 0 bridgehead atoms. The molecule has 28 heavy (non-hydrogen) atoms. The van der Waals surface area contributed by atoms with Crippen molar-refractivity contribution < 1.29 is 14.4 Å². The Kier molecular flexibility index (Phi) is 7.14. The molecule has 4 amide bonds. The van der Waals surface area contributed by atoms with Gasteiger partial charge in [0, 0.05) is 39.3 Å². The fourth-order valence-electron chi connectivity index (χ4n) is 3.72. The summed E-state index contributed by atoms with van der Waals surface area (Å²) in [6, 6.07) is 6.89. The number of rotatable bonds is 5. The Balaban J connectivity index is 1.40. The number of nitrogens with one attached hydrogen (secondary N) is 2. The van der Waals surface area contributed by atoms with Gasteiger partial charge in [0.1, 0.15) is 0 Å². The quantitative estimate of drug-likeness (QED) is 0.735. The fourth-order valence-corrected chi connectivity index (χ4v) is 3.94. The largest absolute Gasteiger partial charge is 0.354 e. The van der Waals surface area contributed by atoms with Crippen LogP contribution in [0.1, 0.15) is 36.0 Å². The molecule has 2 aliphatic heterocycles. The van der Waals surface area contributed by atoms with Crippen LogP contribution in [0.4, 0.5) is 4.79 Å². The zero-order valence-corrected chi connectivity index (χ0v) is 16.7. The zero-order valence-electron chi connectivity index (χ0n) is 16.0. The molecular weight excluding hydrogens is 380 g/mol. The van der Waals surface area contributed by atoms with Crippen LogP contribution >= 0.6 is 11.6 Å². The first-order valence-electron chi connectivity index (χ1n) is 9.90. The van der Waals surface area contributed by atoms with Gasteiger partial charge < -0.3 is 20.4 Å². The van der Waals surface area contributed by atoms with E-state index in [1.807, 2.05) is 4.90 Å². The van der Waals surface area contributed by atoms with Crippen molar-refractivity contribution in [3.63, 3.8) is 0 Å². The van der Waals surface area contributed by atoms with Gasteiger partial charge in [-0.25, -0.2) is 4.79 Å². The van der Waals surface area contributed by atoms with E-state index in [1.54, 1.807) is 29.2 Å². The fraction of sp³-hybridized carbons (Fsp3) is 0.550. The van der Waals surface area contributed by atoms with Gasteiger partial charge >= 0.3 is 6.03 Å². The first kappa shape index (κ1) is 20.5. The molecule has 0 spiro atoms. The van der Waals surface area contributed by atoms with Crippen molar-refractivity contribution >= 4 is 29.4 Å². The smallest absolute Gasteiger partial charge is 0.320 e. The summed E-state index contributed by atoms with van der Waals surface area (Å²) in [4.78, 5) is 40.8. The predicted molar refractivity (Wildman–Crippen MR) is 107 cm³/mol. The van der Waals surface area contributed by atoms with E-state index in [-0.39, 0.29) is 23.8 Å². The van der Waals surface area contributed by atoms with Gasteiger partial charge in [-0.05, 0) is 37.8 Å². The molecule has 1 aromatic rings. The van der Waals surface area contributed by atoms with Crippen LogP contribution in [-0.4, -0.2) is 66.9 Å². The van der Waals surface area contributed by atoms with E-state index in [4.69, 9.17) is 11.6 Å². The Hall–Kier alpha value is -2.28. The third-order valence-electron chi connectivity index (χ3n) is 5.27. The van der Waals surface area contributed by atoms with Crippen molar-refractivity contribution in [2.75, 3.05) is 39.3 Å². The number of likely N-dealkylation sites (tertiary alicyclic amines) is 2. The van der Waals surface area contributed by atoms with Crippen LogP contribution in [0.15, 0.2) is 24.3 Å². The Morgan fingerprint density at radius 2 is 1.64 bits per heavy atom. The van der Waals surface area contributed by atoms with Crippen LogP contribution in [0.2, 0.25) is 5.02 Å². The minimum Gasteiger partial charge on any atom is -0.354 e. The minimum atomic E-state index is -0.264. The van der Waals surface area contributed by atoms with Crippen LogP contribution in [-0.2, 0) is 4.79 Å². The summed E-state index contributed by atoms with van der Waals surface area (Å²) >= 11 is 6.00. The molecule has 2 N–H and O–H groups in total. The molecule has 152 valence electrons. The van der Waals surface area contributed by atoms with Crippen molar-refractivity contribution in [3.05, 3.63) is 34.9 Å². The SMILES string of the molecule is O=C(NCCNC(=O)C1CCCN(C(=O)N2CCCC2)C1)c1ccccc1Cl. The number of urea groups is 1. The molecule has 0 saturated carbocycles. The molecule has 8 heteroatoms. The Bertz CT molecular complexity index is 721. The Morgan fingerprint density at radius 3 is 2.39 bits per heavy atom. The number of benzene rings is 1. The molecule has 0 aliphatic carbocycles. The van der Waals surface area contributed by atoms with Crippen molar-refractivity contribution in [3.8, 4) is 0 Å². The molecule has 1 aromatic carbocycles. The molecule has 2 heterocycles. The first-order valence-corrected chi connectivity index (χ1v) is 10.3. The second-order valence-electron chi connectivity index (χ2n) is 7.29. The molecular formula is C20H27ClN4O3. The van der Waals surface area contributed by atoms with E-state index in [0.29, 0.717) is 36.8 Å². The third kappa shape index (κ3) is 5.16.